The van der Waals surface area contributed by atoms with E-state index in [1.54, 1.807) is 60.7 Å². The molecule has 0 aromatic heterocycles. The molecule has 0 spiro atoms. The zero-order valence-electron chi connectivity index (χ0n) is 14.7. The molecule has 0 aliphatic rings. The highest BCUT2D eigenvalue weighted by atomic mass is 79.9. The molecule has 3 aromatic carbocycles. The predicted molar refractivity (Wildman–Crippen MR) is 111 cm³/mol. The third-order valence-corrected chi connectivity index (χ3v) is 4.19. The first-order valence-corrected chi connectivity index (χ1v) is 9.14. The van der Waals surface area contributed by atoms with E-state index in [0.29, 0.717) is 27.7 Å². The first-order valence-electron chi connectivity index (χ1n) is 8.35. The van der Waals surface area contributed by atoms with Crippen molar-refractivity contribution >= 4 is 40.8 Å². The van der Waals surface area contributed by atoms with Crippen molar-refractivity contribution in [3.8, 4) is 0 Å². The molecule has 3 rings (SSSR count). The fraction of sp³-hybridized carbons (Fsp3) is 0.0909. The zero-order valence-corrected chi connectivity index (χ0v) is 16.3. The summed E-state index contributed by atoms with van der Waals surface area (Å²) in [7, 11) is 5.65. The van der Waals surface area contributed by atoms with Gasteiger partial charge in [0.25, 0.3) is 0 Å². The lowest BCUT2D eigenvalue weighted by molar-refractivity contribution is 0.103. The van der Waals surface area contributed by atoms with Gasteiger partial charge in [-0.1, -0.05) is 77.7 Å². The van der Waals surface area contributed by atoms with Crippen molar-refractivity contribution in [2.45, 2.75) is 13.8 Å². The second-order valence-corrected chi connectivity index (χ2v) is 6.28. The van der Waals surface area contributed by atoms with Crippen LogP contribution in [0, 0.1) is 0 Å². The van der Waals surface area contributed by atoms with Gasteiger partial charge >= 0.3 is 0 Å². The summed E-state index contributed by atoms with van der Waals surface area (Å²) in [5.74, 6) is -0.255. The number of rotatable bonds is 4. The van der Waals surface area contributed by atoms with Crippen LogP contribution in [-0.2, 0) is 0 Å². The van der Waals surface area contributed by atoms with E-state index >= 15 is 0 Å². The van der Waals surface area contributed by atoms with Gasteiger partial charge in [-0.3, -0.25) is 9.59 Å². The standard InChI is InChI=1S/C20H12BBrO2.C2H6/c21-17-8-4-13(5-9-17)19(23)15-2-1-3-16(12-15)20(24)14-6-10-18(22)11-7-14;1-2/h1-12H;1-2H3. The summed E-state index contributed by atoms with van der Waals surface area (Å²) in [5, 5.41) is 0. The van der Waals surface area contributed by atoms with Crippen molar-refractivity contribution in [2.75, 3.05) is 0 Å². The molecule has 128 valence electrons. The van der Waals surface area contributed by atoms with Gasteiger partial charge in [0, 0.05) is 26.7 Å². The zero-order chi connectivity index (χ0) is 19.1. The summed E-state index contributed by atoms with van der Waals surface area (Å²) >= 11 is 3.35. The average molecular weight is 405 g/mol. The molecule has 3 aromatic rings. The average Bonchev–Trinajstić information content (AvgIpc) is 2.70. The van der Waals surface area contributed by atoms with Crippen LogP contribution in [0.5, 0.6) is 0 Å². The van der Waals surface area contributed by atoms with Crippen LogP contribution in [0.1, 0.15) is 45.7 Å². The third-order valence-electron chi connectivity index (χ3n) is 3.67. The van der Waals surface area contributed by atoms with E-state index in [1.165, 1.54) is 0 Å². The maximum atomic E-state index is 12.6. The van der Waals surface area contributed by atoms with E-state index in [0.717, 1.165) is 4.47 Å². The Bertz CT molecular complexity index is 827. The quantitative estimate of drug-likeness (QED) is 0.465. The molecule has 2 radical (unpaired) electrons. The summed E-state index contributed by atoms with van der Waals surface area (Å²) in [6.07, 6.45) is 0. The molecular weight excluding hydrogens is 387 g/mol. The Morgan fingerprint density at radius 3 is 1.58 bits per heavy atom. The van der Waals surface area contributed by atoms with Crippen LogP contribution >= 0.6 is 15.9 Å². The van der Waals surface area contributed by atoms with Crippen molar-refractivity contribution in [3.05, 3.63) is 99.5 Å². The molecule has 2 nitrogen and oxygen atoms in total. The second-order valence-electron chi connectivity index (χ2n) is 5.37. The monoisotopic (exact) mass is 404 g/mol. The lowest BCUT2D eigenvalue weighted by Crippen LogP contribution is -2.07. The van der Waals surface area contributed by atoms with Gasteiger partial charge in [0.1, 0.15) is 7.85 Å². The number of hydrogen-bond donors (Lipinski definition) is 0. The molecular formula is C22H18BBrO2. The maximum absolute atomic E-state index is 12.6. The highest BCUT2D eigenvalue weighted by Crippen LogP contribution is 2.17. The largest absolute Gasteiger partial charge is 0.289 e. The highest BCUT2D eigenvalue weighted by Gasteiger charge is 2.13. The van der Waals surface area contributed by atoms with Crippen molar-refractivity contribution in [1.82, 2.24) is 0 Å². The van der Waals surface area contributed by atoms with Crippen LogP contribution in [0.3, 0.4) is 0 Å². The van der Waals surface area contributed by atoms with Crippen molar-refractivity contribution < 1.29 is 9.59 Å². The van der Waals surface area contributed by atoms with Crippen LogP contribution in [0.2, 0.25) is 0 Å². The molecule has 0 unspecified atom stereocenters. The Balaban J connectivity index is 0.00000117. The molecule has 0 aliphatic heterocycles. The van der Waals surface area contributed by atoms with E-state index in [4.69, 9.17) is 7.85 Å². The highest BCUT2D eigenvalue weighted by molar-refractivity contribution is 9.10. The number of halogens is 1. The molecule has 0 atom stereocenters. The van der Waals surface area contributed by atoms with E-state index in [9.17, 15) is 9.59 Å². The Morgan fingerprint density at radius 1 is 0.692 bits per heavy atom. The molecule has 0 fully saturated rings. The van der Waals surface area contributed by atoms with Crippen LogP contribution in [-0.4, -0.2) is 19.4 Å². The Hall–Kier alpha value is -2.46. The van der Waals surface area contributed by atoms with Crippen LogP contribution in [0.25, 0.3) is 0 Å². The van der Waals surface area contributed by atoms with Gasteiger partial charge < -0.3 is 0 Å². The normalized spacial score (nSPS) is 9.81. The first-order chi connectivity index (χ1) is 12.5. The van der Waals surface area contributed by atoms with E-state index in [2.05, 4.69) is 15.9 Å². The van der Waals surface area contributed by atoms with Gasteiger partial charge in [-0.05, 0) is 30.3 Å². The first kappa shape index (κ1) is 19.9. The molecule has 4 heteroatoms. The number of carbonyl (C=O) groups excluding carboxylic acids is 2. The van der Waals surface area contributed by atoms with Crippen LogP contribution < -0.4 is 5.46 Å². The predicted octanol–water partition coefficient (Wildman–Crippen LogP) is 4.73. The minimum Gasteiger partial charge on any atom is -0.289 e. The molecule has 26 heavy (non-hydrogen) atoms. The van der Waals surface area contributed by atoms with Gasteiger partial charge in [0.05, 0.1) is 0 Å². The number of ketones is 2. The van der Waals surface area contributed by atoms with Gasteiger partial charge in [-0.2, -0.15) is 0 Å². The van der Waals surface area contributed by atoms with E-state index in [1.807, 2.05) is 26.0 Å². The van der Waals surface area contributed by atoms with Gasteiger partial charge in [-0.25, -0.2) is 0 Å². The van der Waals surface area contributed by atoms with Crippen molar-refractivity contribution in [3.63, 3.8) is 0 Å². The maximum Gasteiger partial charge on any atom is 0.193 e. The van der Waals surface area contributed by atoms with Gasteiger partial charge in [-0.15, -0.1) is 0 Å². The summed E-state index contributed by atoms with van der Waals surface area (Å²) < 4.78 is 0.909. The topological polar surface area (TPSA) is 34.1 Å². The number of benzene rings is 3. The molecule has 0 aliphatic carbocycles. The van der Waals surface area contributed by atoms with Crippen LogP contribution in [0.15, 0.2) is 77.3 Å². The van der Waals surface area contributed by atoms with E-state index in [-0.39, 0.29) is 11.6 Å². The fourth-order valence-electron chi connectivity index (χ4n) is 2.37. The van der Waals surface area contributed by atoms with E-state index < -0.39 is 0 Å². The van der Waals surface area contributed by atoms with Gasteiger partial charge in [0.15, 0.2) is 11.6 Å². The molecule has 0 amide bonds. The Labute approximate surface area is 163 Å². The second kappa shape index (κ2) is 9.30. The summed E-state index contributed by atoms with van der Waals surface area (Å²) in [4.78, 5) is 25.1. The number of hydrogen-bond acceptors (Lipinski definition) is 2. The van der Waals surface area contributed by atoms with Crippen LogP contribution in [0.4, 0.5) is 0 Å². The SMILES string of the molecule is CC.[B]c1ccc(C(=O)c2cccc(C(=O)c3ccc(Br)cc3)c2)cc1. The summed E-state index contributed by atoms with van der Waals surface area (Å²) in [5.41, 5.74) is 2.68. The molecule has 0 bridgehead atoms. The Morgan fingerprint density at radius 2 is 1.12 bits per heavy atom. The molecule has 0 N–H and O–H groups in total. The van der Waals surface area contributed by atoms with Gasteiger partial charge in [0.2, 0.25) is 0 Å². The third kappa shape index (κ3) is 4.80. The molecule has 0 saturated carbocycles. The van der Waals surface area contributed by atoms with Crippen molar-refractivity contribution in [1.29, 1.82) is 0 Å². The molecule has 0 heterocycles. The summed E-state index contributed by atoms with van der Waals surface area (Å²) in [6.45, 7) is 4.00. The Kier molecular flexibility index (Phi) is 7.11. The minimum absolute atomic E-state index is 0.116. The molecule has 0 saturated heterocycles. The minimum atomic E-state index is -0.138. The number of carbonyl (C=O) groups is 2. The fourth-order valence-corrected chi connectivity index (χ4v) is 2.64. The lowest BCUT2D eigenvalue weighted by atomic mass is 9.93. The summed E-state index contributed by atoms with van der Waals surface area (Å²) in [6, 6.07) is 20.6. The smallest absolute Gasteiger partial charge is 0.193 e. The lowest BCUT2D eigenvalue weighted by Gasteiger charge is -2.06. The van der Waals surface area contributed by atoms with Crippen molar-refractivity contribution in [2.24, 2.45) is 0 Å².